The largest absolute Gasteiger partial charge is 1.00 e. The Morgan fingerprint density at radius 1 is 0.875 bits per heavy atom. The third kappa shape index (κ3) is 4.00. The van der Waals surface area contributed by atoms with Crippen molar-refractivity contribution < 1.29 is 47.6 Å². The Balaban J connectivity index is 0.00000208. The van der Waals surface area contributed by atoms with Gasteiger partial charge >= 0.3 is 29.6 Å². The number of hydrogen-bond donors (Lipinski definition) is 1. The summed E-state index contributed by atoms with van der Waals surface area (Å²) in [5.41, 5.74) is 0.771. The fourth-order valence-corrected chi connectivity index (χ4v) is 2.68. The van der Waals surface area contributed by atoms with Crippen LogP contribution in [0.5, 0.6) is 5.75 Å². The number of azo groups is 1. The molecule has 0 aromatic heterocycles. The summed E-state index contributed by atoms with van der Waals surface area (Å²) in [4.78, 5) is -0.357. The minimum atomic E-state index is -4.53. The number of fused-ring (bicyclic) bond motifs is 1. The molecule has 0 saturated heterocycles. The first kappa shape index (κ1) is 18.6. The van der Waals surface area contributed by atoms with E-state index in [1.807, 2.05) is 6.07 Å². The molecule has 0 amide bonds. The normalized spacial score (nSPS) is 11.5. The molecule has 8 heteroatoms. The van der Waals surface area contributed by atoms with E-state index in [0.29, 0.717) is 16.5 Å². The van der Waals surface area contributed by atoms with Crippen molar-refractivity contribution in [2.45, 2.75) is 4.90 Å². The van der Waals surface area contributed by atoms with Crippen molar-refractivity contribution in [3.8, 4) is 5.75 Å². The maximum Gasteiger partial charge on any atom is 1.00 e. The molecule has 0 aliphatic heterocycles. The maximum absolute atomic E-state index is 11.0. The summed E-state index contributed by atoms with van der Waals surface area (Å²) in [6.07, 6.45) is 0. The van der Waals surface area contributed by atoms with Crippen molar-refractivity contribution in [1.82, 2.24) is 0 Å². The van der Waals surface area contributed by atoms with Gasteiger partial charge in [-0.3, -0.25) is 0 Å². The molecule has 24 heavy (non-hydrogen) atoms. The second-order valence-electron chi connectivity index (χ2n) is 4.80. The van der Waals surface area contributed by atoms with E-state index < -0.39 is 10.1 Å². The van der Waals surface area contributed by atoms with E-state index in [1.165, 1.54) is 18.2 Å². The van der Waals surface area contributed by atoms with Crippen LogP contribution in [0.3, 0.4) is 0 Å². The van der Waals surface area contributed by atoms with Gasteiger partial charge in [-0.05, 0) is 30.3 Å². The molecule has 0 bridgehead atoms. The van der Waals surface area contributed by atoms with E-state index in [4.69, 9.17) is 0 Å². The smallest absolute Gasteiger partial charge is 0.744 e. The summed E-state index contributed by atoms with van der Waals surface area (Å²) in [5, 5.41) is 19.2. The zero-order valence-electron chi connectivity index (χ0n) is 12.7. The average molecular weight is 350 g/mol. The molecule has 3 aromatic rings. The molecule has 116 valence electrons. The quantitative estimate of drug-likeness (QED) is 0.430. The number of nitrogens with zero attached hydrogens (tertiary/aromatic N) is 2. The predicted octanol–water partition coefficient (Wildman–Crippen LogP) is 0.869. The molecule has 0 aliphatic carbocycles. The van der Waals surface area contributed by atoms with Gasteiger partial charge in [-0.15, -0.1) is 5.11 Å². The molecule has 0 radical (unpaired) electrons. The predicted molar refractivity (Wildman–Crippen MR) is 84.2 cm³/mol. The van der Waals surface area contributed by atoms with Gasteiger partial charge in [0.05, 0.1) is 16.3 Å². The van der Waals surface area contributed by atoms with Crippen LogP contribution in [0.15, 0.2) is 75.8 Å². The Morgan fingerprint density at radius 3 is 2.29 bits per heavy atom. The van der Waals surface area contributed by atoms with Crippen LogP contribution in [0.2, 0.25) is 0 Å². The maximum atomic E-state index is 11.0. The third-order valence-corrected chi connectivity index (χ3v) is 4.09. The van der Waals surface area contributed by atoms with Gasteiger partial charge in [-0.2, -0.15) is 5.11 Å². The molecular formula is C16H11N2NaO4S. The molecular weight excluding hydrogens is 339 g/mol. The van der Waals surface area contributed by atoms with Gasteiger partial charge in [0, 0.05) is 10.8 Å². The first-order valence-electron chi connectivity index (χ1n) is 6.63. The van der Waals surface area contributed by atoms with E-state index in [9.17, 15) is 18.1 Å². The van der Waals surface area contributed by atoms with Crippen LogP contribution in [0.1, 0.15) is 0 Å². The van der Waals surface area contributed by atoms with Gasteiger partial charge in [0.1, 0.15) is 15.9 Å². The van der Waals surface area contributed by atoms with E-state index in [1.54, 1.807) is 30.3 Å². The van der Waals surface area contributed by atoms with Crippen LogP contribution < -0.4 is 29.6 Å². The molecule has 0 aliphatic rings. The summed E-state index contributed by atoms with van der Waals surface area (Å²) in [7, 11) is -4.53. The van der Waals surface area contributed by atoms with Gasteiger partial charge in [0.2, 0.25) is 0 Å². The average Bonchev–Trinajstić information content (AvgIpc) is 2.54. The number of phenols is 1. The minimum Gasteiger partial charge on any atom is -0.744 e. The van der Waals surface area contributed by atoms with Gasteiger partial charge in [-0.25, -0.2) is 8.42 Å². The number of benzene rings is 3. The summed E-state index contributed by atoms with van der Waals surface area (Å²) < 4.78 is 33.0. The fraction of sp³-hybridized carbons (Fsp3) is 0. The van der Waals surface area contributed by atoms with Crippen molar-refractivity contribution in [2.24, 2.45) is 10.2 Å². The fourth-order valence-electron chi connectivity index (χ4n) is 2.17. The monoisotopic (exact) mass is 350 g/mol. The molecule has 1 N–H and O–H groups in total. The summed E-state index contributed by atoms with van der Waals surface area (Å²) in [5.74, 6) is 0.138. The van der Waals surface area contributed by atoms with E-state index in [-0.39, 0.29) is 45.9 Å². The Morgan fingerprint density at radius 2 is 1.58 bits per heavy atom. The third-order valence-electron chi connectivity index (χ3n) is 3.26. The molecule has 0 heterocycles. The van der Waals surface area contributed by atoms with Gasteiger partial charge in [-0.1, -0.05) is 30.3 Å². The molecule has 0 spiro atoms. The van der Waals surface area contributed by atoms with Crippen LogP contribution >= 0.6 is 0 Å². The van der Waals surface area contributed by atoms with Crippen LogP contribution in [0.4, 0.5) is 11.4 Å². The summed E-state index contributed by atoms with van der Waals surface area (Å²) in [6, 6.07) is 15.6. The second kappa shape index (κ2) is 7.42. The standard InChI is InChI=1S/C16H12N2O4S.Na/c19-16-9-8-15(13-6-1-2-7-14(13)16)18-17-11-4-3-5-12(10-11)23(20,21)22;/h1-10,19H,(H,20,21,22);/q;+1/p-1. The van der Waals surface area contributed by atoms with Gasteiger partial charge in [0.15, 0.2) is 0 Å². The molecule has 3 rings (SSSR count). The van der Waals surface area contributed by atoms with Crippen LogP contribution in [-0.4, -0.2) is 18.1 Å². The van der Waals surface area contributed by atoms with Crippen LogP contribution in [0, 0.1) is 0 Å². The Kier molecular flexibility index (Phi) is 5.74. The summed E-state index contributed by atoms with van der Waals surface area (Å²) >= 11 is 0. The topological polar surface area (TPSA) is 102 Å². The second-order valence-corrected chi connectivity index (χ2v) is 6.18. The zero-order chi connectivity index (χ0) is 16.4. The number of hydrogen-bond acceptors (Lipinski definition) is 6. The molecule has 6 nitrogen and oxygen atoms in total. The first-order valence-corrected chi connectivity index (χ1v) is 8.04. The van der Waals surface area contributed by atoms with Crippen LogP contribution in [0.25, 0.3) is 10.8 Å². The summed E-state index contributed by atoms with van der Waals surface area (Å²) in [6.45, 7) is 0. The molecule has 0 fully saturated rings. The van der Waals surface area contributed by atoms with E-state index >= 15 is 0 Å². The van der Waals surface area contributed by atoms with E-state index in [0.717, 1.165) is 6.07 Å². The minimum absolute atomic E-state index is 0. The first-order chi connectivity index (χ1) is 10.9. The van der Waals surface area contributed by atoms with Crippen molar-refractivity contribution in [3.05, 3.63) is 60.7 Å². The Bertz CT molecular complexity index is 1020. The van der Waals surface area contributed by atoms with Crippen molar-refractivity contribution in [2.75, 3.05) is 0 Å². The molecule has 0 saturated carbocycles. The van der Waals surface area contributed by atoms with Crippen molar-refractivity contribution >= 4 is 32.3 Å². The van der Waals surface area contributed by atoms with Crippen molar-refractivity contribution in [1.29, 1.82) is 0 Å². The number of aromatic hydroxyl groups is 1. The van der Waals surface area contributed by atoms with Gasteiger partial charge in [0.25, 0.3) is 0 Å². The molecule has 0 atom stereocenters. The number of phenolic OH excluding ortho intramolecular Hbond substituents is 1. The Labute approximate surface area is 160 Å². The van der Waals surface area contributed by atoms with Crippen molar-refractivity contribution in [3.63, 3.8) is 0 Å². The zero-order valence-corrected chi connectivity index (χ0v) is 15.6. The number of rotatable bonds is 3. The Hall–Kier alpha value is -1.77. The van der Waals surface area contributed by atoms with E-state index in [2.05, 4.69) is 10.2 Å². The van der Waals surface area contributed by atoms with Crippen LogP contribution in [-0.2, 0) is 10.1 Å². The molecule has 3 aromatic carbocycles. The molecule has 0 unspecified atom stereocenters. The SMILES string of the molecule is O=S(=O)([O-])c1cccc(N=Nc2ccc(O)c3ccccc23)c1.[Na+]. The van der Waals surface area contributed by atoms with Gasteiger partial charge < -0.3 is 9.66 Å².